The summed E-state index contributed by atoms with van der Waals surface area (Å²) in [5.74, 6) is 1.66. The summed E-state index contributed by atoms with van der Waals surface area (Å²) in [6, 6.07) is 31.1. The maximum Gasteiger partial charge on any atom is 0.119 e. The van der Waals surface area contributed by atoms with Gasteiger partial charge in [0.25, 0.3) is 0 Å². The smallest absolute Gasteiger partial charge is 0.119 e. The molecule has 0 fully saturated rings. The van der Waals surface area contributed by atoms with Crippen LogP contribution < -0.4 is 14.4 Å². The van der Waals surface area contributed by atoms with Crippen LogP contribution in [0.2, 0.25) is 0 Å². The van der Waals surface area contributed by atoms with Crippen LogP contribution in [0.3, 0.4) is 0 Å². The number of nitrogens with zero attached hydrogens (tertiary/aromatic N) is 1. The molecule has 0 amide bonds. The van der Waals surface area contributed by atoms with Gasteiger partial charge in [0.1, 0.15) is 11.5 Å². The van der Waals surface area contributed by atoms with Crippen LogP contribution in [-0.2, 0) is 0 Å². The summed E-state index contributed by atoms with van der Waals surface area (Å²) < 4.78 is 10.7. The number of anilines is 3. The van der Waals surface area contributed by atoms with E-state index in [1.54, 1.807) is 14.2 Å². The number of nitrogens with one attached hydrogen (secondary N) is 1. The summed E-state index contributed by atoms with van der Waals surface area (Å²) in [6.45, 7) is 0. The third kappa shape index (κ3) is 3.03. The van der Waals surface area contributed by atoms with E-state index >= 15 is 0 Å². The Morgan fingerprint density at radius 2 is 1.17 bits per heavy atom. The van der Waals surface area contributed by atoms with Gasteiger partial charge < -0.3 is 19.4 Å². The zero-order chi connectivity index (χ0) is 20.5. The number of aromatic amines is 1. The van der Waals surface area contributed by atoms with Crippen molar-refractivity contribution in [3.8, 4) is 11.5 Å². The predicted octanol–water partition coefficient (Wildman–Crippen LogP) is 6.81. The van der Waals surface area contributed by atoms with E-state index in [0.29, 0.717) is 0 Å². The zero-order valence-electron chi connectivity index (χ0n) is 16.9. The molecule has 4 aromatic carbocycles. The number of para-hydroxylation sites is 2. The maximum absolute atomic E-state index is 5.36. The van der Waals surface area contributed by atoms with Crippen LogP contribution in [0.15, 0.2) is 91.0 Å². The Hall–Kier alpha value is -3.92. The molecule has 4 nitrogen and oxygen atoms in total. The third-order valence-electron chi connectivity index (χ3n) is 5.42. The second kappa shape index (κ2) is 7.48. The molecule has 1 N–H and O–H groups in total. The first kappa shape index (κ1) is 18.1. The van der Waals surface area contributed by atoms with Crippen molar-refractivity contribution in [1.82, 2.24) is 4.98 Å². The normalized spacial score (nSPS) is 11.0. The molecule has 5 aromatic rings. The fourth-order valence-corrected chi connectivity index (χ4v) is 3.93. The van der Waals surface area contributed by atoms with Crippen LogP contribution >= 0.6 is 0 Å². The number of fused-ring (bicyclic) bond motifs is 3. The third-order valence-corrected chi connectivity index (χ3v) is 5.42. The average molecular weight is 394 g/mol. The van der Waals surface area contributed by atoms with Gasteiger partial charge in [-0.3, -0.25) is 0 Å². The summed E-state index contributed by atoms with van der Waals surface area (Å²) in [5.41, 5.74) is 5.41. The number of benzene rings is 4. The number of methoxy groups -OCH3 is 2. The van der Waals surface area contributed by atoms with Crippen molar-refractivity contribution in [2.24, 2.45) is 0 Å². The van der Waals surface area contributed by atoms with E-state index in [-0.39, 0.29) is 0 Å². The van der Waals surface area contributed by atoms with Crippen molar-refractivity contribution < 1.29 is 9.47 Å². The molecule has 1 heterocycles. The van der Waals surface area contributed by atoms with E-state index in [0.717, 1.165) is 39.6 Å². The molecule has 0 aliphatic heterocycles. The fourth-order valence-electron chi connectivity index (χ4n) is 3.93. The van der Waals surface area contributed by atoms with Gasteiger partial charge in [-0.25, -0.2) is 0 Å². The van der Waals surface area contributed by atoms with E-state index in [2.05, 4.69) is 76.6 Å². The van der Waals surface area contributed by atoms with Crippen molar-refractivity contribution in [2.75, 3.05) is 19.1 Å². The topological polar surface area (TPSA) is 37.5 Å². The Morgan fingerprint density at radius 1 is 0.600 bits per heavy atom. The van der Waals surface area contributed by atoms with Crippen LogP contribution in [0.1, 0.15) is 0 Å². The SMILES string of the molecule is COc1ccc(N(c2ccc(OC)cc2)c2cccc3c2[nH]c2ccccc23)cc1. The molecule has 0 bridgehead atoms. The molecule has 0 unspecified atom stereocenters. The van der Waals surface area contributed by atoms with Crippen LogP contribution in [0.5, 0.6) is 11.5 Å². The highest BCUT2D eigenvalue weighted by atomic mass is 16.5. The van der Waals surface area contributed by atoms with Gasteiger partial charge in [-0.05, 0) is 60.7 Å². The molecule has 4 heteroatoms. The molecule has 148 valence electrons. The largest absolute Gasteiger partial charge is 0.497 e. The number of H-pyrrole nitrogens is 1. The average Bonchev–Trinajstić information content (AvgIpc) is 3.20. The van der Waals surface area contributed by atoms with Crippen LogP contribution in [-0.4, -0.2) is 19.2 Å². The minimum atomic E-state index is 0.831. The molecule has 0 aliphatic carbocycles. The quantitative estimate of drug-likeness (QED) is 0.356. The number of hydrogen-bond acceptors (Lipinski definition) is 3. The second-order valence-corrected chi connectivity index (χ2v) is 7.10. The van der Waals surface area contributed by atoms with Gasteiger partial charge in [-0.1, -0.05) is 30.3 Å². The lowest BCUT2D eigenvalue weighted by Gasteiger charge is -2.26. The predicted molar refractivity (Wildman–Crippen MR) is 124 cm³/mol. The number of rotatable bonds is 5. The second-order valence-electron chi connectivity index (χ2n) is 7.10. The Bertz CT molecular complexity index is 1260. The number of hydrogen-bond donors (Lipinski definition) is 1. The Kier molecular flexibility index (Phi) is 4.52. The van der Waals surface area contributed by atoms with E-state index in [4.69, 9.17) is 9.47 Å². The van der Waals surface area contributed by atoms with E-state index in [1.807, 2.05) is 24.3 Å². The fraction of sp³-hybridized carbons (Fsp3) is 0.0769. The van der Waals surface area contributed by atoms with Crippen LogP contribution in [0.4, 0.5) is 17.1 Å². The zero-order valence-corrected chi connectivity index (χ0v) is 16.9. The number of ether oxygens (including phenoxy) is 2. The lowest BCUT2D eigenvalue weighted by molar-refractivity contribution is 0.415. The summed E-state index contributed by atoms with van der Waals surface area (Å²) in [7, 11) is 3.36. The molecular weight excluding hydrogens is 372 g/mol. The summed E-state index contributed by atoms with van der Waals surface area (Å²) in [5, 5.41) is 2.42. The standard InChI is InChI=1S/C26H22N2O2/c1-29-20-14-10-18(11-15-20)28(19-12-16-21(30-2)17-13-19)25-9-5-7-23-22-6-3-4-8-24(22)27-26(23)25/h3-17,27H,1-2H3. The van der Waals surface area contributed by atoms with Gasteiger partial charge in [0.05, 0.1) is 25.4 Å². The molecule has 1 aromatic heterocycles. The molecule has 0 atom stereocenters. The highest BCUT2D eigenvalue weighted by molar-refractivity contribution is 6.12. The molecule has 5 rings (SSSR count). The molecular formula is C26H22N2O2. The maximum atomic E-state index is 5.36. The minimum absolute atomic E-state index is 0.831. The number of aromatic nitrogens is 1. The molecule has 0 saturated carbocycles. The van der Waals surface area contributed by atoms with E-state index in [9.17, 15) is 0 Å². The Morgan fingerprint density at radius 3 is 1.77 bits per heavy atom. The van der Waals surface area contributed by atoms with Crippen molar-refractivity contribution in [3.63, 3.8) is 0 Å². The first-order valence-corrected chi connectivity index (χ1v) is 9.86. The Balaban J connectivity index is 1.75. The van der Waals surface area contributed by atoms with Crippen molar-refractivity contribution in [1.29, 1.82) is 0 Å². The highest BCUT2D eigenvalue weighted by Crippen LogP contribution is 2.41. The van der Waals surface area contributed by atoms with Gasteiger partial charge >= 0.3 is 0 Å². The van der Waals surface area contributed by atoms with Crippen molar-refractivity contribution in [3.05, 3.63) is 91.0 Å². The van der Waals surface area contributed by atoms with Gasteiger partial charge in [-0.15, -0.1) is 0 Å². The minimum Gasteiger partial charge on any atom is -0.497 e. The summed E-state index contributed by atoms with van der Waals surface area (Å²) in [6.07, 6.45) is 0. The highest BCUT2D eigenvalue weighted by Gasteiger charge is 2.17. The van der Waals surface area contributed by atoms with Gasteiger partial charge in [0.2, 0.25) is 0 Å². The molecule has 0 spiro atoms. The summed E-state index contributed by atoms with van der Waals surface area (Å²) >= 11 is 0. The van der Waals surface area contributed by atoms with Crippen molar-refractivity contribution in [2.45, 2.75) is 0 Å². The van der Waals surface area contributed by atoms with E-state index < -0.39 is 0 Å². The van der Waals surface area contributed by atoms with Crippen molar-refractivity contribution >= 4 is 38.9 Å². The lowest BCUT2D eigenvalue weighted by atomic mass is 10.1. The lowest BCUT2D eigenvalue weighted by Crippen LogP contribution is -2.10. The first-order chi connectivity index (χ1) is 14.8. The van der Waals surface area contributed by atoms with E-state index in [1.165, 1.54) is 10.8 Å². The monoisotopic (exact) mass is 394 g/mol. The summed E-state index contributed by atoms with van der Waals surface area (Å²) in [4.78, 5) is 5.87. The Labute approximate surface area is 175 Å². The molecule has 30 heavy (non-hydrogen) atoms. The first-order valence-electron chi connectivity index (χ1n) is 9.86. The van der Waals surface area contributed by atoms with Gasteiger partial charge in [0.15, 0.2) is 0 Å². The van der Waals surface area contributed by atoms with Crippen LogP contribution in [0.25, 0.3) is 21.8 Å². The van der Waals surface area contributed by atoms with Crippen LogP contribution in [0, 0.1) is 0 Å². The van der Waals surface area contributed by atoms with Gasteiger partial charge in [-0.2, -0.15) is 0 Å². The molecule has 0 radical (unpaired) electrons. The molecule has 0 saturated heterocycles. The molecule has 0 aliphatic rings. The van der Waals surface area contributed by atoms with Gasteiger partial charge in [0, 0.05) is 27.7 Å².